The van der Waals surface area contributed by atoms with E-state index in [1.165, 1.54) is 23.8 Å². The summed E-state index contributed by atoms with van der Waals surface area (Å²) >= 11 is 0. The molecule has 0 saturated carbocycles. The lowest BCUT2D eigenvalue weighted by Gasteiger charge is -2.11. The zero-order chi connectivity index (χ0) is 14.5. The van der Waals surface area contributed by atoms with Crippen molar-refractivity contribution < 1.29 is 14.3 Å². The number of hydrogen-bond donors (Lipinski definition) is 0. The normalized spacial score (nSPS) is 10.2. The summed E-state index contributed by atoms with van der Waals surface area (Å²) in [5.74, 6) is 0.395. The average molecular weight is 270 g/mol. The summed E-state index contributed by atoms with van der Waals surface area (Å²) in [6, 6.07) is 13.1. The second-order valence-electron chi connectivity index (χ2n) is 4.67. The van der Waals surface area contributed by atoms with Gasteiger partial charge in [0.2, 0.25) is 0 Å². The van der Waals surface area contributed by atoms with E-state index in [4.69, 9.17) is 4.74 Å². The minimum absolute atomic E-state index is 0.341. The van der Waals surface area contributed by atoms with Gasteiger partial charge in [-0.1, -0.05) is 18.2 Å². The number of aryl methyl sites for hydroxylation is 2. The van der Waals surface area contributed by atoms with E-state index in [0.29, 0.717) is 12.2 Å². The molecule has 3 heteroatoms. The minimum Gasteiger partial charge on any atom is -0.489 e. The topological polar surface area (TPSA) is 35.5 Å². The Morgan fingerprint density at radius 3 is 2.15 bits per heavy atom. The second kappa shape index (κ2) is 6.24. The van der Waals surface area contributed by atoms with Gasteiger partial charge in [0.1, 0.15) is 12.4 Å². The molecule has 2 aromatic rings. The van der Waals surface area contributed by atoms with Crippen molar-refractivity contribution in [2.75, 3.05) is 7.11 Å². The van der Waals surface area contributed by atoms with Crippen LogP contribution in [-0.2, 0) is 11.3 Å². The van der Waals surface area contributed by atoms with E-state index in [0.717, 1.165) is 5.75 Å². The largest absolute Gasteiger partial charge is 0.489 e. The maximum absolute atomic E-state index is 11.3. The number of esters is 1. The second-order valence-corrected chi connectivity index (χ2v) is 4.67. The molecule has 0 aromatic heterocycles. The molecule has 0 unspecified atom stereocenters. The molecular formula is C17H18O3. The van der Waals surface area contributed by atoms with Crippen molar-refractivity contribution in [3.8, 4) is 5.75 Å². The minimum atomic E-state index is -0.341. The Morgan fingerprint density at radius 1 is 1.00 bits per heavy atom. The number of benzene rings is 2. The first kappa shape index (κ1) is 14.1. The molecule has 2 rings (SSSR count). The highest BCUT2D eigenvalue weighted by molar-refractivity contribution is 5.89. The van der Waals surface area contributed by atoms with Crippen molar-refractivity contribution in [3.05, 3.63) is 64.7 Å². The van der Waals surface area contributed by atoms with E-state index < -0.39 is 0 Å². The first-order valence-electron chi connectivity index (χ1n) is 6.48. The van der Waals surface area contributed by atoms with Gasteiger partial charge in [0.25, 0.3) is 0 Å². The molecule has 0 aliphatic rings. The van der Waals surface area contributed by atoms with Crippen LogP contribution in [0.5, 0.6) is 5.75 Å². The fourth-order valence-corrected chi connectivity index (χ4v) is 2.04. The molecule has 3 nitrogen and oxygen atoms in total. The van der Waals surface area contributed by atoms with Gasteiger partial charge in [0.15, 0.2) is 0 Å². The van der Waals surface area contributed by atoms with Gasteiger partial charge in [-0.25, -0.2) is 4.79 Å². The van der Waals surface area contributed by atoms with Crippen molar-refractivity contribution in [1.29, 1.82) is 0 Å². The van der Waals surface area contributed by atoms with Crippen LogP contribution in [0.1, 0.15) is 27.0 Å². The number of methoxy groups -OCH3 is 1. The summed E-state index contributed by atoms with van der Waals surface area (Å²) in [5.41, 5.74) is 4.16. The van der Waals surface area contributed by atoms with Crippen molar-refractivity contribution in [1.82, 2.24) is 0 Å². The first-order chi connectivity index (χ1) is 9.61. The molecule has 0 saturated heterocycles. The van der Waals surface area contributed by atoms with Crippen LogP contribution in [0.25, 0.3) is 0 Å². The molecular weight excluding hydrogens is 252 g/mol. The van der Waals surface area contributed by atoms with Crippen LogP contribution in [0.3, 0.4) is 0 Å². The molecule has 2 aromatic carbocycles. The Kier molecular flexibility index (Phi) is 4.41. The smallest absolute Gasteiger partial charge is 0.337 e. The molecule has 0 spiro atoms. The number of carbonyl (C=O) groups excluding carboxylic acids is 1. The van der Waals surface area contributed by atoms with Crippen LogP contribution < -0.4 is 4.74 Å². The van der Waals surface area contributed by atoms with Crippen molar-refractivity contribution in [2.45, 2.75) is 20.5 Å². The molecule has 0 aliphatic heterocycles. The summed E-state index contributed by atoms with van der Waals surface area (Å²) in [5, 5.41) is 0. The third kappa shape index (κ3) is 3.18. The van der Waals surface area contributed by atoms with E-state index in [1.807, 2.05) is 6.07 Å². The number of hydrogen-bond acceptors (Lipinski definition) is 3. The van der Waals surface area contributed by atoms with Gasteiger partial charge in [0, 0.05) is 0 Å². The monoisotopic (exact) mass is 270 g/mol. The number of ether oxygens (including phenoxy) is 2. The van der Waals surface area contributed by atoms with E-state index in [2.05, 4.69) is 30.7 Å². The third-order valence-electron chi connectivity index (χ3n) is 3.30. The predicted octanol–water partition coefficient (Wildman–Crippen LogP) is 3.67. The summed E-state index contributed by atoms with van der Waals surface area (Å²) in [6.07, 6.45) is 0. The molecule has 0 bridgehead atoms. The van der Waals surface area contributed by atoms with Gasteiger partial charge >= 0.3 is 5.97 Å². The summed E-state index contributed by atoms with van der Waals surface area (Å²) in [7, 11) is 1.37. The highest BCUT2D eigenvalue weighted by atomic mass is 16.5. The van der Waals surface area contributed by atoms with Crippen LogP contribution in [0.15, 0.2) is 42.5 Å². The summed E-state index contributed by atoms with van der Waals surface area (Å²) in [4.78, 5) is 11.3. The van der Waals surface area contributed by atoms with Crippen molar-refractivity contribution >= 4 is 5.97 Å². The standard InChI is InChI=1S/C17H18O3/c1-12-5-4-6-13(2)16(12)11-20-15-9-7-14(8-10-15)17(18)19-3/h4-10H,11H2,1-3H3. The SMILES string of the molecule is COC(=O)c1ccc(OCc2c(C)cccc2C)cc1. The zero-order valence-electron chi connectivity index (χ0n) is 12.0. The quantitative estimate of drug-likeness (QED) is 0.795. The molecule has 20 heavy (non-hydrogen) atoms. The number of carbonyl (C=O) groups is 1. The van der Waals surface area contributed by atoms with Crippen LogP contribution in [0.2, 0.25) is 0 Å². The highest BCUT2D eigenvalue weighted by Gasteiger charge is 2.06. The van der Waals surface area contributed by atoms with Crippen LogP contribution >= 0.6 is 0 Å². The summed E-state index contributed by atoms with van der Waals surface area (Å²) in [6.45, 7) is 4.67. The fourth-order valence-electron chi connectivity index (χ4n) is 2.04. The van der Waals surface area contributed by atoms with Crippen LogP contribution in [-0.4, -0.2) is 13.1 Å². The van der Waals surface area contributed by atoms with Gasteiger partial charge in [-0.3, -0.25) is 0 Å². The van der Waals surface area contributed by atoms with E-state index >= 15 is 0 Å². The third-order valence-corrected chi connectivity index (χ3v) is 3.30. The Balaban J connectivity index is 2.06. The van der Waals surface area contributed by atoms with Gasteiger partial charge < -0.3 is 9.47 Å². The highest BCUT2D eigenvalue weighted by Crippen LogP contribution is 2.18. The Bertz CT molecular complexity index is 580. The lowest BCUT2D eigenvalue weighted by molar-refractivity contribution is 0.0600. The molecule has 0 fully saturated rings. The van der Waals surface area contributed by atoms with Gasteiger partial charge in [-0.05, 0) is 54.8 Å². The average Bonchev–Trinajstić information content (AvgIpc) is 2.46. The van der Waals surface area contributed by atoms with Crippen LogP contribution in [0, 0.1) is 13.8 Å². The lowest BCUT2D eigenvalue weighted by atomic mass is 10.0. The molecule has 104 valence electrons. The van der Waals surface area contributed by atoms with Crippen LogP contribution in [0.4, 0.5) is 0 Å². The summed E-state index contributed by atoms with van der Waals surface area (Å²) < 4.78 is 10.4. The molecule has 0 aliphatic carbocycles. The first-order valence-corrected chi connectivity index (χ1v) is 6.48. The molecule has 0 radical (unpaired) electrons. The molecule has 0 atom stereocenters. The fraction of sp³-hybridized carbons (Fsp3) is 0.235. The van der Waals surface area contributed by atoms with Crippen molar-refractivity contribution in [3.63, 3.8) is 0 Å². The number of rotatable bonds is 4. The molecule has 0 heterocycles. The van der Waals surface area contributed by atoms with Crippen molar-refractivity contribution in [2.24, 2.45) is 0 Å². The zero-order valence-corrected chi connectivity index (χ0v) is 12.0. The maximum atomic E-state index is 11.3. The lowest BCUT2D eigenvalue weighted by Crippen LogP contribution is -2.02. The van der Waals surface area contributed by atoms with E-state index in [9.17, 15) is 4.79 Å². The molecule has 0 N–H and O–H groups in total. The van der Waals surface area contributed by atoms with E-state index in [1.54, 1.807) is 24.3 Å². The van der Waals surface area contributed by atoms with Gasteiger partial charge in [-0.15, -0.1) is 0 Å². The molecule has 0 amide bonds. The maximum Gasteiger partial charge on any atom is 0.337 e. The Labute approximate surface area is 119 Å². The predicted molar refractivity (Wildman–Crippen MR) is 78.0 cm³/mol. The Hall–Kier alpha value is -2.29. The van der Waals surface area contributed by atoms with E-state index in [-0.39, 0.29) is 5.97 Å². The Morgan fingerprint density at radius 2 is 1.60 bits per heavy atom. The van der Waals surface area contributed by atoms with Gasteiger partial charge in [-0.2, -0.15) is 0 Å². The van der Waals surface area contributed by atoms with Gasteiger partial charge in [0.05, 0.1) is 12.7 Å².